The number of fused-ring (bicyclic) bond motifs is 1. The minimum absolute atomic E-state index is 0.149. The maximum Gasteiger partial charge on any atom is 0.237 e. The van der Waals surface area contributed by atoms with Gasteiger partial charge in [-0.05, 0) is 61.3 Å². The van der Waals surface area contributed by atoms with Crippen LogP contribution >= 0.6 is 0 Å². The Hall–Kier alpha value is -1.59. The van der Waals surface area contributed by atoms with E-state index in [1.807, 2.05) is 6.07 Å². The Labute approximate surface area is 181 Å². The van der Waals surface area contributed by atoms with Gasteiger partial charge in [-0.1, -0.05) is 44.6 Å². The number of carbonyl (C=O) groups excluding carboxylic acids is 1. The maximum atomic E-state index is 13.3. The van der Waals surface area contributed by atoms with Gasteiger partial charge in [0, 0.05) is 13.1 Å². The van der Waals surface area contributed by atoms with E-state index in [9.17, 15) is 9.90 Å². The van der Waals surface area contributed by atoms with Gasteiger partial charge in [0.05, 0.1) is 25.3 Å². The number of ether oxygens (including phenoxy) is 1. The van der Waals surface area contributed by atoms with Crippen LogP contribution in [0.1, 0.15) is 81.4 Å². The number of nitrogens with zero attached hydrogens (tertiary/aromatic N) is 1. The quantitative estimate of drug-likeness (QED) is 0.739. The average molecular weight is 415 g/mol. The van der Waals surface area contributed by atoms with Crippen molar-refractivity contribution in [3.05, 3.63) is 29.3 Å². The van der Waals surface area contributed by atoms with Crippen LogP contribution in [-0.2, 0) is 11.2 Å². The molecule has 5 nitrogen and oxygen atoms in total. The fourth-order valence-corrected chi connectivity index (χ4v) is 5.88. The summed E-state index contributed by atoms with van der Waals surface area (Å²) >= 11 is 0. The van der Waals surface area contributed by atoms with Crippen LogP contribution in [0.3, 0.4) is 0 Å². The van der Waals surface area contributed by atoms with E-state index < -0.39 is 5.60 Å². The molecular weight excluding hydrogens is 376 g/mol. The largest absolute Gasteiger partial charge is 0.497 e. The van der Waals surface area contributed by atoms with Crippen LogP contribution in [-0.4, -0.2) is 48.3 Å². The van der Waals surface area contributed by atoms with E-state index in [1.165, 1.54) is 49.7 Å². The minimum Gasteiger partial charge on any atom is -0.497 e. The number of hydrogen-bond donors (Lipinski definition) is 2. The molecule has 30 heavy (non-hydrogen) atoms. The molecule has 1 unspecified atom stereocenters. The second kappa shape index (κ2) is 9.69. The molecule has 0 aromatic heterocycles. The summed E-state index contributed by atoms with van der Waals surface area (Å²) < 4.78 is 5.51. The van der Waals surface area contributed by atoms with Crippen molar-refractivity contribution in [1.29, 1.82) is 0 Å². The molecular formula is C25H38N2O3. The second-order valence-electron chi connectivity index (χ2n) is 9.63. The Bertz CT molecular complexity index is 723. The van der Waals surface area contributed by atoms with Crippen LogP contribution in [0.15, 0.2) is 18.2 Å². The average Bonchev–Trinajstić information content (AvgIpc) is 2.78. The lowest BCUT2D eigenvalue weighted by Gasteiger charge is -2.43. The molecule has 0 saturated heterocycles. The van der Waals surface area contributed by atoms with Crippen molar-refractivity contribution in [1.82, 2.24) is 10.2 Å². The monoisotopic (exact) mass is 414 g/mol. The number of hydrogen-bond acceptors (Lipinski definition) is 4. The van der Waals surface area contributed by atoms with Crippen LogP contribution in [0.5, 0.6) is 5.75 Å². The molecule has 2 N–H and O–H groups in total. The highest BCUT2D eigenvalue weighted by atomic mass is 16.5. The van der Waals surface area contributed by atoms with Crippen LogP contribution in [0, 0.1) is 5.92 Å². The number of nitrogens with one attached hydrogen (secondary N) is 1. The van der Waals surface area contributed by atoms with Gasteiger partial charge >= 0.3 is 0 Å². The van der Waals surface area contributed by atoms with Crippen molar-refractivity contribution in [2.75, 3.05) is 26.7 Å². The highest BCUT2D eigenvalue weighted by Gasteiger charge is 2.37. The molecule has 2 fully saturated rings. The molecule has 2 saturated carbocycles. The van der Waals surface area contributed by atoms with Crippen LogP contribution in [0.4, 0.5) is 0 Å². The lowest BCUT2D eigenvalue weighted by Crippen LogP contribution is -2.49. The van der Waals surface area contributed by atoms with Crippen molar-refractivity contribution in [3.8, 4) is 5.75 Å². The van der Waals surface area contributed by atoms with E-state index in [1.54, 1.807) is 7.11 Å². The predicted molar refractivity (Wildman–Crippen MR) is 119 cm³/mol. The van der Waals surface area contributed by atoms with Crippen molar-refractivity contribution in [3.63, 3.8) is 0 Å². The molecule has 0 radical (unpaired) electrons. The Balaban J connectivity index is 1.48. The topological polar surface area (TPSA) is 61.8 Å². The van der Waals surface area contributed by atoms with Gasteiger partial charge in [-0.3, -0.25) is 4.79 Å². The first kappa shape index (κ1) is 21.6. The molecule has 5 heteroatoms. The van der Waals surface area contributed by atoms with Crippen LogP contribution < -0.4 is 10.1 Å². The first-order valence-electron chi connectivity index (χ1n) is 12.0. The number of amides is 1. The number of carbonyl (C=O) groups is 1. The van der Waals surface area contributed by atoms with E-state index in [4.69, 9.17) is 4.74 Å². The fraction of sp³-hybridized carbons (Fsp3) is 0.720. The second-order valence-corrected chi connectivity index (χ2v) is 9.63. The summed E-state index contributed by atoms with van der Waals surface area (Å²) in [5.41, 5.74) is 2.01. The van der Waals surface area contributed by atoms with Crippen LogP contribution in [0.2, 0.25) is 0 Å². The molecule has 1 amide bonds. The zero-order valence-corrected chi connectivity index (χ0v) is 18.5. The van der Waals surface area contributed by atoms with Gasteiger partial charge in [-0.25, -0.2) is 0 Å². The molecule has 3 aliphatic rings. The Morgan fingerprint density at radius 3 is 2.63 bits per heavy atom. The molecule has 4 rings (SSSR count). The molecule has 1 atom stereocenters. The number of methoxy groups -OCH3 is 1. The zero-order valence-electron chi connectivity index (χ0n) is 18.5. The van der Waals surface area contributed by atoms with E-state index in [-0.39, 0.29) is 11.9 Å². The Morgan fingerprint density at radius 2 is 1.90 bits per heavy atom. The van der Waals surface area contributed by atoms with Crippen molar-refractivity contribution in [2.24, 2.45) is 5.92 Å². The number of benzene rings is 1. The third-order valence-corrected chi connectivity index (χ3v) is 7.56. The number of rotatable bonds is 6. The molecule has 0 spiro atoms. The SMILES string of the molecule is COc1ccc2c(c1)C(C1CCCCC1)N(C(=O)CNCC1(O)CCCCC1)CC2. The summed E-state index contributed by atoms with van der Waals surface area (Å²) in [5, 5.41) is 14.0. The summed E-state index contributed by atoms with van der Waals surface area (Å²) in [6.07, 6.45) is 12.2. The lowest BCUT2D eigenvalue weighted by molar-refractivity contribution is -0.135. The van der Waals surface area contributed by atoms with Gasteiger partial charge in [0.2, 0.25) is 5.91 Å². The van der Waals surface area contributed by atoms with Gasteiger partial charge in [-0.2, -0.15) is 0 Å². The lowest BCUT2D eigenvalue weighted by atomic mass is 9.77. The molecule has 1 aromatic rings. The molecule has 1 aromatic carbocycles. The molecule has 1 aliphatic heterocycles. The molecule has 0 bridgehead atoms. The Morgan fingerprint density at radius 1 is 1.17 bits per heavy atom. The smallest absolute Gasteiger partial charge is 0.237 e. The van der Waals surface area contributed by atoms with E-state index in [0.29, 0.717) is 19.0 Å². The third kappa shape index (κ3) is 4.83. The first-order chi connectivity index (χ1) is 14.6. The normalized spacial score (nSPS) is 24.3. The summed E-state index contributed by atoms with van der Waals surface area (Å²) in [5.74, 6) is 1.57. The highest BCUT2D eigenvalue weighted by molar-refractivity contribution is 5.79. The fourth-order valence-electron chi connectivity index (χ4n) is 5.88. The van der Waals surface area contributed by atoms with E-state index >= 15 is 0 Å². The standard InChI is InChI=1S/C25H38N2O3/c1-30-21-11-10-19-12-15-27(24(22(19)16-21)20-8-4-2-5-9-20)23(28)17-26-18-25(29)13-6-3-7-14-25/h10-11,16,20,24,26,29H,2-9,12-15,17-18H2,1H3. The summed E-state index contributed by atoms with van der Waals surface area (Å²) in [7, 11) is 1.71. The summed E-state index contributed by atoms with van der Waals surface area (Å²) in [4.78, 5) is 15.4. The molecule has 2 aliphatic carbocycles. The van der Waals surface area contributed by atoms with Gasteiger partial charge in [0.1, 0.15) is 5.75 Å². The van der Waals surface area contributed by atoms with Gasteiger partial charge in [0.25, 0.3) is 0 Å². The van der Waals surface area contributed by atoms with E-state index in [2.05, 4.69) is 22.3 Å². The third-order valence-electron chi connectivity index (χ3n) is 7.56. The van der Waals surface area contributed by atoms with Crippen molar-refractivity contribution >= 4 is 5.91 Å². The minimum atomic E-state index is -0.636. The molecule has 166 valence electrons. The van der Waals surface area contributed by atoms with Gasteiger partial charge < -0.3 is 20.1 Å². The van der Waals surface area contributed by atoms with Crippen molar-refractivity contribution in [2.45, 2.75) is 82.3 Å². The Kier molecular flexibility index (Phi) is 6.99. The van der Waals surface area contributed by atoms with Crippen molar-refractivity contribution < 1.29 is 14.6 Å². The first-order valence-corrected chi connectivity index (χ1v) is 12.0. The summed E-state index contributed by atoms with van der Waals surface area (Å²) in [6.45, 7) is 1.61. The number of aliphatic hydroxyl groups is 1. The molecule has 1 heterocycles. The van der Waals surface area contributed by atoms with Crippen LogP contribution in [0.25, 0.3) is 0 Å². The zero-order chi connectivity index (χ0) is 21.0. The summed E-state index contributed by atoms with van der Waals surface area (Å²) in [6, 6.07) is 6.53. The van der Waals surface area contributed by atoms with Gasteiger partial charge in [0.15, 0.2) is 0 Å². The van der Waals surface area contributed by atoms with Gasteiger partial charge in [-0.15, -0.1) is 0 Å². The highest BCUT2D eigenvalue weighted by Crippen LogP contribution is 2.43. The van der Waals surface area contributed by atoms with E-state index in [0.717, 1.165) is 44.4 Å². The predicted octanol–water partition coefficient (Wildman–Crippen LogP) is 3.99. The maximum absolute atomic E-state index is 13.3.